The second kappa shape index (κ2) is 6.20. The van der Waals surface area contributed by atoms with Gasteiger partial charge < -0.3 is 13.9 Å². The fourth-order valence-corrected chi connectivity index (χ4v) is 2.43. The Kier molecular flexibility index (Phi) is 4.08. The molecular formula is C19H16O5. The summed E-state index contributed by atoms with van der Waals surface area (Å²) in [5, 5.41) is 0.799. The van der Waals surface area contributed by atoms with Crippen molar-refractivity contribution in [3.05, 3.63) is 59.4 Å². The molecule has 0 amide bonds. The maximum Gasteiger partial charge on any atom is 0.379 e. The first-order valence-corrected chi connectivity index (χ1v) is 7.40. The number of aryl methyl sites for hydroxylation is 1. The van der Waals surface area contributed by atoms with Crippen LogP contribution in [0, 0.1) is 6.92 Å². The minimum absolute atomic E-state index is 0.0463. The first kappa shape index (κ1) is 15.8. The number of carbonyl (C=O) groups is 2. The van der Waals surface area contributed by atoms with Crippen molar-refractivity contribution < 1.29 is 23.5 Å². The number of hydrogen-bond acceptors (Lipinski definition) is 5. The highest BCUT2D eigenvalue weighted by Gasteiger charge is 2.20. The van der Waals surface area contributed by atoms with Gasteiger partial charge in [0.2, 0.25) is 5.76 Å². The van der Waals surface area contributed by atoms with E-state index in [0.29, 0.717) is 28.2 Å². The molecule has 0 aliphatic heterocycles. The number of rotatable bonds is 4. The summed E-state index contributed by atoms with van der Waals surface area (Å²) in [6.45, 7) is 3.27. The lowest BCUT2D eigenvalue weighted by molar-refractivity contribution is 0.0703. The van der Waals surface area contributed by atoms with Gasteiger partial charge in [-0.05, 0) is 56.3 Å². The van der Waals surface area contributed by atoms with Crippen LogP contribution in [-0.4, -0.2) is 18.9 Å². The predicted molar refractivity (Wildman–Crippen MR) is 88.9 cm³/mol. The van der Waals surface area contributed by atoms with Gasteiger partial charge in [0.05, 0.1) is 7.11 Å². The van der Waals surface area contributed by atoms with Crippen LogP contribution in [0.2, 0.25) is 0 Å². The van der Waals surface area contributed by atoms with Crippen LogP contribution < -0.4 is 9.47 Å². The smallest absolute Gasteiger partial charge is 0.379 e. The van der Waals surface area contributed by atoms with E-state index >= 15 is 0 Å². The van der Waals surface area contributed by atoms with Gasteiger partial charge >= 0.3 is 5.97 Å². The van der Waals surface area contributed by atoms with E-state index in [1.165, 1.54) is 6.92 Å². The molecule has 2 aromatic carbocycles. The van der Waals surface area contributed by atoms with E-state index < -0.39 is 5.97 Å². The Labute approximate surface area is 138 Å². The van der Waals surface area contributed by atoms with Crippen LogP contribution in [0.5, 0.6) is 11.5 Å². The maximum atomic E-state index is 12.4. The lowest BCUT2D eigenvalue weighted by atomic mass is 10.1. The summed E-state index contributed by atoms with van der Waals surface area (Å²) in [4.78, 5) is 23.6. The molecule has 3 rings (SSSR count). The van der Waals surface area contributed by atoms with E-state index in [2.05, 4.69) is 0 Å². The zero-order chi connectivity index (χ0) is 17.3. The maximum absolute atomic E-state index is 12.4. The van der Waals surface area contributed by atoms with E-state index in [0.717, 1.165) is 5.39 Å². The Balaban J connectivity index is 1.88. The van der Waals surface area contributed by atoms with Crippen molar-refractivity contribution >= 4 is 22.7 Å². The molecule has 24 heavy (non-hydrogen) atoms. The highest BCUT2D eigenvalue weighted by atomic mass is 16.5. The van der Waals surface area contributed by atoms with Crippen molar-refractivity contribution in [3.63, 3.8) is 0 Å². The van der Waals surface area contributed by atoms with Gasteiger partial charge in [-0.15, -0.1) is 0 Å². The van der Waals surface area contributed by atoms with E-state index in [1.54, 1.807) is 50.4 Å². The summed E-state index contributed by atoms with van der Waals surface area (Å²) in [5.74, 6) is 0.552. The van der Waals surface area contributed by atoms with Gasteiger partial charge in [-0.1, -0.05) is 0 Å². The Bertz CT molecular complexity index is 919. The van der Waals surface area contributed by atoms with Crippen LogP contribution in [0.3, 0.4) is 0 Å². The molecule has 0 spiro atoms. The topological polar surface area (TPSA) is 65.7 Å². The molecule has 1 heterocycles. The second-order valence-corrected chi connectivity index (χ2v) is 5.39. The van der Waals surface area contributed by atoms with Crippen LogP contribution in [0.4, 0.5) is 0 Å². The van der Waals surface area contributed by atoms with Crippen molar-refractivity contribution in [1.82, 2.24) is 0 Å². The second-order valence-electron chi connectivity index (χ2n) is 5.39. The first-order chi connectivity index (χ1) is 11.5. The molecular weight excluding hydrogens is 308 g/mol. The Morgan fingerprint density at radius 2 is 1.67 bits per heavy atom. The van der Waals surface area contributed by atoms with Crippen LogP contribution in [-0.2, 0) is 0 Å². The number of methoxy groups -OCH3 is 1. The quantitative estimate of drug-likeness (QED) is 0.409. The summed E-state index contributed by atoms with van der Waals surface area (Å²) < 4.78 is 16.1. The fraction of sp³-hybridized carbons (Fsp3) is 0.158. The van der Waals surface area contributed by atoms with Crippen molar-refractivity contribution in [2.75, 3.05) is 7.11 Å². The molecule has 0 saturated heterocycles. The summed E-state index contributed by atoms with van der Waals surface area (Å²) in [6, 6.07) is 11.7. The number of carbonyl (C=O) groups excluding carboxylic acids is 2. The van der Waals surface area contributed by atoms with Crippen molar-refractivity contribution in [2.24, 2.45) is 0 Å². The molecule has 1 aromatic heterocycles. The normalized spacial score (nSPS) is 10.6. The molecule has 0 unspecified atom stereocenters. The number of benzene rings is 2. The minimum atomic E-state index is -0.585. The standard InChI is InChI=1S/C19H16O5/c1-11-16-10-15(22-3)8-9-17(16)24-18(11)19(21)23-14-6-4-13(5-7-14)12(2)20/h4-10H,1-3H3. The van der Waals surface area contributed by atoms with Gasteiger partial charge in [0.25, 0.3) is 0 Å². The fourth-order valence-electron chi connectivity index (χ4n) is 2.43. The number of Topliss-reactive ketones (excluding diaryl/α,β-unsaturated/α-hetero) is 1. The SMILES string of the molecule is COc1ccc2oc(C(=O)Oc3ccc(C(C)=O)cc3)c(C)c2c1. The van der Waals surface area contributed by atoms with Crippen LogP contribution in [0.25, 0.3) is 11.0 Å². The number of ether oxygens (including phenoxy) is 2. The lowest BCUT2D eigenvalue weighted by Gasteiger charge is -2.03. The third-order valence-corrected chi connectivity index (χ3v) is 3.80. The number of esters is 1. The number of fused-ring (bicyclic) bond motifs is 1. The van der Waals surface area contributed by atoms with Gasteiger partial charge in [-0.3, -0.25) is 4.79 Å². The third kappa shape index (κ3) is 2.88. The van der Waals surface area contributed by atoms with E-state index in [1.807, 2.05) is 6.07 Å². The lowest BCUT2D eigenvalue weighted by Crippen LogP contribution is -2.08. The summed E-state index contributed by atoms with van der Waals surface area (Å²) in [6.07, 6.45) is 0. The van der Waals surface area contributed by atoms with Gasteiger partial charge in [-0.25, -0.2) is 4.79 Å². The molecule has 0 radical (unpaired) electrons. The van der Waals surface area contributed by atoms with Crippen molar-refractivity contribution in [2.45, 2.75) is 13.8 Å². The molecule has 5 heteroatoms. The summed E-state index contributed by atoms with van der Waals surface area (Å²) in [7, 11) is 1.58. The molecule has 0 atom stereocenters. The molecule has 3 aromatic rings. The van der Waals surface area contributed by atoms with Gasteiger partial charge in [-0.2, -0.15) is 0 Å². The molecule has 122 valence electrons. The number of ketones is 1. The van der Waals surface area contributed by atoms with Crippen LogP contribution in [0.15, 0.2) is 46.9 Å². The van der Waals surface area contributed by atoms with E-state index in [-0.39, 0.29) is 11.5 Å². The molecule has 5 nitrogen and oxygen atoms in total. The highest BCUT2D eigenvalue weighted by molar-refractivity contribution is 5.97. The molecule has 0 aliphatic carbocycles. The van der Waals surface area contributed by atoms with E-state index in [9.17, 15) is 9.59 Å². The third-order valence-electron chi connectivity index (χ3n) is 3.80. The average molecular weight is 324 g/mol. The summed E-state index contributed by atoms with van der Waals surface area (Å²) in [5.41, 5.74) is 1.84. The monoisotopic (exact) mass is 324 g/mol. The first-order valence-electron chi connectivity index (χ1n) is 7.40. The van der Waals surface area contributed by atoms with Gasteiger partial charge in [0.1, 0.15) is 17.1 Å². The van der Waals surface area contributed by atoms with E-state index in [4.69, 9.17) is 13.9 Å². The van der Waals surface area contributed by atoms with Crippen molar-refractivity contribution in [3.8, 4) is 11.5 Å². The average Bonchev–Trinajstić information content (AvgIpc) is 2.91. The minimum Gasteiger partial charge on any atom is -0.497 e. The largest absolute Gasteiger partial charge is 0.497 e. The number of furan rings is 1. The van der Waals surface area contributed by atoms with Crippen LogP contribution in [0.1, 0.15) is 33.4 Å². The van der Waals surface area contributed by atoms with Gasteiger partial charge in [0, 0.05) is 16.5 Å². The predicted octanol–water partition coefficient (Wildman–Crippen LogP) is 4.17. The molecule has 0 aliphatic rings. The Morgan fingerprint density at radius 3 is 2.29 bits per heavy atom. The molecule has 0 bridgehead atoms. The molecule has 0 saturated carbocycles. The zero-order valence-corrected chi connectivity index (χ0v) is 13.6. The Hall–Kier alpha value is -3.08. The van der Waals surface area contributed by atoms with Crippen molar-refractivity contribution in [1.29, 1.82) is 0 Å². The molecule has 0 fully saturated rings. The van der Waals surface area contributed by atoms with Gasteiger partial charge in [0.15, 0.2) is 5.78 Å². The Morgan fingerprint density at radius 1 is 1.00 bits per heavy atom. The zero-order valence-electron chi connectivity index (χ0n) is 13.6. The molecule has 0 N–H and O–H groups in total. The summed E-state index contributed by atoms with van der Waals surface area (Å²) >= 11 is 0. The van der Waals surface area contributed by atoms with Crippen LogP contribution >= 0.6 is 0 Å². The highest BCUT2D eigenvalue weighted by Crippen LogP contribution is 2.29. The number of hydrogen-bond donors (Lipinski definition) is 0.